The van der Waals surface area contributed by atoms with Crippen molar-refractivity contribution < 1.29 is 28.5 Å². The van der Waals surface area contributed by atoms with Crippen molar-refractivity contribution in [3.05, 3.63) is 102 Å². The zero-order valence-electron chi connectivity index (χ0n) is 19.3. The summed E-state index contributed by atoms with van der Waals surface area (Å²) < 4.78 is 20.7. The second kappa shape index (κ2) is 12.1. The number of carbonyl (C=O) groups excluding carboxylic acids is 2. The van der Waals surface area contributed by atoms with Crippen molar-refractivity contribution in [1.82, 2.24) is 5.32 Å². The van der Waals surface area contributed by atoms with Gasteiger partial charge in [-0.15, -0.1) is 0 Å². The van der Waals surface area contributed by atoms with E-state index in [9.17, 15) is 9.59 Å². The summed E-state index contributed by atoms with van der Waals surface area (Å²) in [6.07, 6.45) is 0.901. The van der Waals surface area contributed by atoms with Crippen LogP contribution in [-0.4, -0.2) is 39.4 Å². The number of rotatable bonds is 9. The summed E-state index contributed by atoms with van der Waals surface area (Å²) in [5.41, 5.74) is 3.18. The van der Waals surface area contributed by atoms with E-state index >= 15 is 0 Å². The summed E-state index contributed by atoms with van der Waals surface area (Å²) >= 11 is 0. The lowest BCUT2D eigenvalue weighted by atomic mass is 9.95. The maximum absolute atomic E-state index is 12.5. The third-order valence-corrected chi connectivity index (χ3v) is 5.08. The van der Waals surface area contributed by atoms with Crippen molar-refractivity contribution in [2.75, 3.05) is 21.3 Å². The molecule has 1 unspecified atom stereocenters. The Morgan fingerprint density at radius 1 is 0.794 bits per heavy atom. The van der Waals surface area contributed by atoms with Crippen LogP contribution < -0.4 is 14.8 Å². The van der Waals surface area contributed by atoms with Crippen LogP contribution in [0.4, 0.5) is 4.79 Å². The standard InChI is InChI=1S/C27H27NO6/c1-31-22-13-9-20(10-14-22)24(21-11-15-23(32-2)16-12-21)17-25(26(29)33-3)28-27(30)34-18-19-7-5-4-6-8-19/h4-17,25H,18H2,1-3H3,(H,28,30). The minimum atomic E-state index is -1.08. The van der Waals surface area contributed by atoms with Crippen LogP contribution in [0.15, 0.2) is 84.9 Å². The molecule has 0 spiro atoms. The molecule has 0 radical (unpaired) electrons. The van der Waals surface area contributed by atoms with E-state index in [-0.39, 0.29) is 6.61 Å². The van der Waals surface area contributed by atoms with E-state index in [4.69, 9.17) is 18.9 Å². The van der Waals surface area contributed by atoms with Crippen molar-refractivity contribution in [3.8, 4) is 11.5 Å². The maximum atomic E-state index is 12.5. The van der Waals surface area contributed by atoms with Gasteiger partial charge in [0.2, 0.25) is 0 Å². The Morgan fingerprint density at radius 2 is 1.32 bits per heavy atom. The lowest BCUT2D eigenvalue weighted by Crippen LogP contribution is -2.40. The molecule has 7 heteroatoms. The topological polar surface area (TPSA) is 83.1 Å². The SMILES string of the molecule is COC(=O)C(C=C(c1ccc(OC)cc1)c1ccc(OC)cc1)NC(=O)OCc1ccccc1. The molecule has 0 saturated heterocycles. The number of ether oxygens (including phenoxy) is 4. The van der Waals surface area contributed by atoms with Gasteiger partial charge in [-0.05, 0) is 52.6 Å². The van der Waals surface area contributed by atoms with Gasteiger partial charge in [0.05, 0.1) is 21.3 Å². The summed E-state index contributed by atoms with van der Waals surface area (Å²) in [4.78, 5) is 25.0. The normalized spacial score (nSPS) is 11.0. The molecule has 7 nitrogen and oxygen atoms in total. The Hall–Kier alpha value is -4.26. The van der Waals surface area contributed by atoms with Crippen LogP contribution in [0.2, 0.25) is 0 Å². The van der Waals surface area contributed by atoms with Crippen LogP contribution in [0.5, 0.6) is 11.5 Å². The van der Waals surface area contributed by atoms with Gasteiger partial charge in [-0.2, -0.15) is 0 Å². The molecule has 0 saturated carbocycles. The van der Waals surface area contributed by atoms with Gasteiger partial charge in [-0.25, -0.2) is 9.59 Å². The van der Waals surface area contributed by atoms with E-state index in [1.807, 2.05) is 78.9 Å². The first kappa shape index (κ1) is 24.4. The van der Waals surface area contributed by atoms with Gasteiger partial charge in [-0.3, -0.25) is 0 Å². The summed E-state index contributed by atoms with van der Waals surface area (Å²) in [6, 6.07) is 23.0. The Morgan fingerprint density at radius 3 is 1.79 bits per heavy atom. The molecule has 0 aliphatic heterocycles. The maximum Gasteiger partial charge on any atom is 0.408 e. The molecule has 34 heavy (non-hydrogen) atoms. The smallest absolute Gasteiger partial charge is 0.408 e. The number of esters is 1. The third-order valence-electron chi connectivity index (χ3n) is 5.08. The molecule has 3 aromatic carbocycles. The van der Waals surface area contributed by atoms with E-state index in [1.165, 1.54) is 7.11 Å². The highest BCUT2D eigenvalue weighted by Crippen LogP contribution is 2.27. The van der Waals surface area contributed by atoms with Gasteiger partial charge < -0.3 is 24.3 Å². The Kier molecular flexibility index (Phi) is 8.68. The highest BCUT2D eigenvalue weighted by atomic mass is 16.6. The van der Waals surface area contributed by atoms with E-state index < -0.39 is 18.1 Å². The van der Waals surface area contributed by atoms with Crippen LogP contribution in [-0.2, 0) is 20.9 Å². The fourth-order valence-electron chi connectivity index (χ4n) is 3.25. The molecule has 176 valence electrons. The zero-order chi connectivity index (χ0) is 24.3. The van der Waals surface area contributed by atoms with E-state index in [1.54, 1.807) is 20.3 Å². The lowest BCUT2D eigenvalue weighted by Gasteiger charge is -2.17. The van der Waals surface area contributed by atoms with Crippen LogP contribution >= 0.6 is 0 Å². The minimum Gasteiger partial charge on any atom is -0.497 e. The monoisotopic (exact) mass is 461 g/mol. The second-order valence-corrected chi connectivity index (χ2v) is 7.24. The average molecular weight is 462 g/mol. The van der Waals surface area contributed by atoms with Crippen LogP contribution in [0.3, 0.4) is 0 Å². The largest absolute Gasteiger partial charge is 0.497 e. The molecule has 1 atom stereocenters. The number of hydrogen-bond acceptors (Lipinski definition) is 6. The summed E-state index contributed by atoms with van der Waals surface area (Å²) in [6.45, 7) is 0.0775. The molecule has 1 N–H and O–H groups in total. The molecule has 1 amide bonds. The van der Waals surface area contributed by atoms with E-state index in [0.717, 1.165) is 16.7 Å². The van der Waals surface area contributed by atoms with Crippen molar-refractivity contribution in [2.45, 2.75) is 12.6 Å². The van der Waals surface area contributed by atoms with E-state index in [2.05, 4.69) is 5.32 Å². The first-order valence-electron chi connectivity index (χ1n) is 10.6. The summed E-state index contributed by atoms with van der Waals surface area (Å²) in [5.74, 6) is 0.770. The number of hydrogen-bond donors (Lipinski definition) is 1. The molecule has 0 heterocycles. The van der Waals surface area contributed by atoms with Crippen molar-refractivity contribution in [3.63, 3.8) is 0 Å². The predicted octanol–water partition coefficient (Wildman–Crippen LogP) is 4.60. The fraction of sp³-hybridized carbons (Fsp3) is 0.185. The second-order valence-electron chi connectivity index (χ2n) is 7.24. The Balaban J connectivity index is 1.90. The van der Waals surface area contributed by atoms with Gasteiger partial charge in [0, 0.05) is 0 Å². The molecule has 3 rings (SSSR count). The van der Waals surface area contributed by atoms with Crippen LogP contribution in [0.25, 0.3) is 5.57 Å². The number of amides is 1. The van der Waals surface area contributed by atoms with Crippen molar-refractivity contribution >= 4 is 17.6 Å². The fourth-order valence-corrected chi connectivity index (χ4v) is 3.25. The molecule has 0 bridgehead atoms. The third kappa shape index (κ3) is 6.62. The number of carbonyl (C=O) groups is 2. The summed E-state index contributed by atoms with van der Waals surface area (Å²) in [5, 5.41) is 2.59. The van der Waals surface area contributed by atoms with Gasteiger partial charge in [0.25, 0.3) is 0 Å². The number of benzene rings is 3. The summed E-state index contributed by atoms with van der Waals surface area (Å²) in [7, 11) is 4.45. The van der Waals surface area contributed by atoms with E-state index in [0.29, 0.717) is 17.1 Å². The molecule has 0 aromatic heterocycles. The molecular weight excluding hydrogens is 434 g/mol. The number of methoxy groups -OCH3 is 3. The molecular formula is C27H27NO6. The quantitative estimate of drug-likeness (QED) is 0.469. The first-order chi connectivity index (χ1) is 16.5. The Labute approximate surface area is 198 Å². The lowest BCUT2D eigenvalue weighted by molar-refractivity contribution is -0.141. The van der Waals surface area contributed by atoms with Crippen LogP contribution in [0.1, 0.15) is 16.7 Å². The minimum absolute atomic E-state index is 0.0775. The molecule has 3 aromatic rings. The number of alkyl carbamates (subject to hydrolysis) is 1. The zero-order valence-corrected chi connectivity index (χ0v) is 19.3. The molecule has 0 aliphatic rings. The highest BCUT2D eigenvalue weighted by molar-refractivity contribution is 5.89. The van der Waals surface area contributed by atoms with Gasteiger partial charge in [0.15, 0.2) is 0 Å². The van der Waals surface area contributed by atoms with Crippen molar-refractivity contribution in [2.24, 2.45) is 0 Å². The first-order valence-corrected chi connectivity index (χ1v) is 10.6. The van der Waals surface area contributed by atoms with Crippen LogP contribution in [0, 0.1) is 0 Å². The average Bonchev–Trinajstić information content (AvgIpc) is 2.90. The van der Waals surface area contributed by atoms with Gasteiger partial charge in [0.1, 0.15) is 24.1 Å². The van der Waals surface area contributed by atoms with Gasteiger partial charge in [-0.1, -0.05) is 54.6 Å². The molecule has 0 fully saturated rings. The number of nitrogens with one attached hydrogen (secondary N) is 1. The van der Waals surface area contributed by atoms with Gasteiger partial charge >= 0.3 is 12.1 Å². The highest BCUT2D eigenvalue weighted by Gasteiger charge is 2.22. The Bertz CT molecular complexity index is 1060. The molecule has 0 aliphatic carbocycles. The predicted molar refractivity (Wildman–Crippen MR) is 129 cm³/mol. The van der Waals surface area contributed by atoms with Crippen molar-refractivity contribution in [1.29, 1.82) is 0 Å².